The first-order valence-corrected chi connectivity index (χ1v) is 11.1. The van der Waals surface area contributed by atoms with Crippen LogP contribution in [0.2, 0.25) is 0 Å². The fraction of sp³-hybridized carbons (Fsp3) is 0.250. The van der Waals surface area contributed by atoms with Gasteiger partial charge in [-0.15, -0.1) is 0 Å². The number of thiazole rings is 1. The van der Waals surface area contributed by atoms with Crippen LogP contribution in [0.15, 0.2) is 54.7 Å². The molecule has 1 N–H and O–H groups in total. The Morgan fingerprint density at radius 2 is 1.91 bits per heavy atom. The Kier molecular flexibility index (Phi) is 6.25. The van der Waals surface area contributed by atoms with Gasteiger partial charge in [0, 0.05) is 11.8 Å². The summed E-state index contributed by atoms with van der Waals surface area (Å²) in [5.74, 6) is -1.50. The zero-order chi connectivity index (χ0) is 23.8. The first-order chi connectivity index (χ1) is 15.6. The van der Waals surface area contributed by atoms with Gasteiger partial charge in [0.15, 0.2) is 5.13 Å². The molecule has 0 atom stereocenters. The standard InChI is InChI=1S/C24H21F4N3OS/c1-14(2)10-15-11-19(22(32)30-23-29-18-8-3-4-9-20(18)33-23)31(12-15)13-16-6-5-7-17(21(16)25)24(26,27)28/h3-9,11-12,14H,10,13H2,1-2H3,(H,29,30,32). The number of aromatic nitrogens is 2. The SMILES string of the molecule is CC(C)Cc1cc(C(=O)Nc2nc3ccccc3s2)n(Cc2cccc(C(F)(F)F)c2F)c1. The number of hydrogen-bond acceptors (Lipinski definition) is 3. The van der Waals surface area contributed by atoms with Gasteiger partial charge in [-0.05, 0) is 42.2 Å². The van der Waals surface area contributed by atoms with E-state index in [0.29, 0.717) is 23.5 Å². The number of alkyl halides is 3. The topological polar surface area (TPSA) is 46.9 Å². The van der Waals surface area contributed by atoms with Gasteiger partial charge in [-0.3, -0.25) is 10.1 Å². The van der Waals surface area contributed by atoms with Crippen LogP contribution in [0.5, 0.6) is 0 Å². The minimum atomic E-state index is -4.80. The second-order valence-corrected chi connectivity index (χ2v) is 9.21. The first kappa shape index (κ1) is 23.0. The Labute approximate surface area is 191 Å². The Hall–Kier alpha value is -3.20. The van der Waals surface area contributed by atoms with Crippen molar-refractivity contribution in [1.82, 2.24) is 9.55 Å². The number of amides is 1. The number of benzene rings is 2. The van der Waals surface area contributed by atoms with Gasteiger partial charge < -0.3 is 4.57 Å². The van der Waals surface area contributed by atoms with Crippen LogP contribution < -0.4 is 5.32 Å². The fourth-order valence-corrected chi connectivity index (χ4v) is 4.53. The molecule has 4 aromatic rings. The summed E-state index contributed by atoms with van der Waals surface area (Å²) in [5.41, 5.74) is 0.342. The molecule has 172 valence electrons. The van der Waals surface area contributed by atoms with Crippen molar-refractivity contribution in [2.24, 2.45) is 5.92 Å². The summed E-state index contributed by atoms with van der Waals surface area (Å²) in [6.07, 6.45) is -2.45. The van der Waals surface area contributed by atoms with E-state index >= 15 is 0 Å². The smallest absolute Gasteiger partial charge is 0.339 e. The average Bonchev–Trinajstić information content (AvgIpc) is 3.31. The molecule has 2 aromatic carbocycles. The molecule has 0 saturated heterocycles. The molecular formula is C24H21F4N3OS. The maximum Gasteiger partial charge on any atom is 0.419 e. The lowest BCUT2D eigenvalue weighted by atomic mass is 10.1. The molecule has 0 radical (unpaired) electrons. The van der Waals surface area contributed by atoms with E-state index in [0.717, 1.165) is 15.8 Å². The lowest BCUT2D eigenvalue weighted by Gasteiger charge is -2.13. The van der Waals surface area contributed by atoms with Gasteiger partial charge in [-0.1, -0.05) is 49.4 Å². The summed E-state index contributed by atoms with van der Waals surface area (Å²) in [4.78, 5) is 17.5. The second kappa shape index (κ2) is 8.97. The van der Waals surface area contributed by atoms with Gasteiger partial charge in [0.05, 0.1) is 22.3 Å². The van der Waals surface area contributed by atoms with Gasteiger partial charge >= 0.3 is 6.18 Å². The Morgan fingerprint density at radius 3 is 2.61 bits per heavy atom. The number of nitrogens with zero attached hydrogens (tertiary/aromatic N) is 2. The summed E-state index contributed by atoms with van der Waals surface area (Å²) in [6, 6.07) is 12.3. The third kappa shape index (κ3) is 5.08. The average molecular weight is 476 g/mol. The van der Waals surface area contributed by atoms with Gasteiger partial charge in [-0.25, -0.2) is 9.37 Å². The van der Waals surface area contributed by atoms with Crippen molar-refractivity contribution in [3.8, 4) is 0 Å². The van der Waals surface area contributed by atoms with Crippen LogP contribution in [0, 0.1) is 11.7 Å². The molecule has 9 heteroatoms. The molecule has 0 aliphatic heterocycles. The summed E-state index contributed by atoms with van der Waals surface area (Å²) < 4.78 is 56.4. The van der Waals surface area contributed by atoms with Crippen LogP contribution in [0.3, 0.4) is 0 Å². The Morgan fingerprint density at radius 1 is 1.15 bits per heavy atom. The Bertz CT molecular complexity index is 1270. The number of hydrogen-bond donors (Lipinski definition) is 1. The van der Waals surface area contributed by atoms with Crippen molar-refractivity contribution in [3.05, 3.63) is 82.9 Å². The van der Waals surface area contributed by atoms with Crippen molar-refractivity contribution in [1.29, 1.82) is 0 Å². The first-order valence-electron chi connectivity index (χ1n) is 10.3. The number of rotatable bonds is 6. The van der Waals surface area contributed by atoms with Gasteiger partial charge in [0.25, 0.3) is 5.91 Å². The van der Waals surface area contributed by atoms with E-state index in [1.807, 2.05) is 38.1 Å². The number of nitrogens with one attached hydrogen (secondary N) is 1. The maximum absolute atomic E-state index is 14.6. The molecule has 0 fully saturated rings. The monoisotopic (exact) mass is 475 g/mol. The highest BCUT2D eigenvalue weighted by molar-refractivity contribution is 7.22. The van der Waals surface area contributed by atoms with Crippen LogP contribution in [0.25, 0.3) is 10.2 Å². The molecule has 33 heavy (non-hydrogen) atoms. The maximum atomic E-state index is 14.6. The van der Waals surface area contributed by atoms with Gasteiger partial charge in [-0.2, -0.15) is 13.2 Å². The van der Waals surface area contributed by atoms with Crippen molar-refractivity contribution in [3.63, 3.8) is 0 Å². The van der Waals surface area contributed by atoms with Gasteiger partial charge in [0.2, 0.25) is 0 Å². The summed E-state index contributed by atoms with van der Waals surface area (Å²) in [7, 11) is 0. The van der Waals surface area contributed by atoms with Crippen LogP contribution in [0.4, 0.5) is 22.7 Å². The minimum Gasteiger partial charge on any atom is -0.339 e. The van der Waals surface area contributed by atoms with Crippen LogP contribution >= 0.6 is 11.3 Å². The van der Waals surface area contributed by atoms with Crippen molar-refractivity contribution in [2.45, 2.75) is 33.0 Å². The highest BCUT2D eigenvalue weighted by Crippen LogP contribution is 2.33. The molecular weight excluding hydrogens is 454 g/mol. The number of anilines is 1. The third-order valence-corrected chi connectivity index (χ3v) is 6.02. The molecule has 0 unspecified atom stereocenters. The van der Waals surface area contributed by atoms with Crippen LogP contribution in [0.1, 0.15) is 41.0 Å². The summed E-state index contributed by atoms with van der Waals surface area (Å²) in [5, 5.41) is 3.17. The minimum absolute atomic E-state index is 0.148. The molecule has 1 amide bonds. The Balaban J connectivity index is 1.67. The van der Waals surface area contributed by atoms with Crippen molar-refractivity contribution >= 4 is 32.6 Å². The summed E-state index contributed by atoms with van der Waals surface area (Å²) >= 11 is 1.32. The molecule has 2 heterocycles. The highest BCUT2D eigenvalue weighted by atomic mass is 32.1. The quantitative estimate of drug-likeness (QED) is 0.314. The molecule has 4 rings (SSSR count). The summed E-state index contributed by atoms with van der Waals surface area (Å²) in [6.45, 7) is 3.83. The van der Waals surface area contributed by atoms with E-state index in [9.17, 15) is 22.4 Å². The molecule has 4 nitrogen and oxygen atoms in total. The third-order valence-electron chi connectivity index (χ3n) is 5.07. The zero-order valence-corrected chi connectivity index (χ0v) is 18.7. The number of carbonyl (C=O) groups excluding carboxylic acids is 1. The van der Waals surface area contributed by atoms with E-state index in [4.69, 9.17) is 0 Å². The lowest BCUT2D eigenvalue weighted by Crippen LogP contribution is -2.18. The van der Waals surface area contributed by atoms with Crippen LogP contribution in [-0.4, -0.2) is 15.5 Å². The van der Waals surface area contributed by atoms with E-state index in [1.54, 1.807) is 12.3 Å². The van der Waals surface area contributed by atoms with Gasteiger partial charge in [0.1, 0.15) is 11.5 Å². The van der Waals surface area contributed by atoms with Crippen molar-refractivity contribution in [2.75, 3.05) is 5.32 Å². The number of halogens is 4. The molecule has 0 saturated carbocycles. The number of carbonyl (C=O) groups is 1. The lowest BCUT2D eigenvalue weighted by molar-refractivity contribution is -0.140. The van der Waals surface area contributed by atoms with Crippen molar-refractivity contribution < 1.29 is 22.4 Å². The number of fused-ring (bicyclic) bond motifs is 1. The highest BCUT2D eigenvalue weighted by Gasteiger charge is 2.34. The number of para-hydroxylation sites is 1. The van der Waals surface area contributed by atoms with E-state index in [2.05, 4.69) is 10.3 Å². The second-order valence-electron chi connectivity index (χ2n) is 8.18. The van der Waals surface area contributed by atoms with Crippen LogP contribution in [-0.2, 0) is 19.1 Å². The fourth-order valence-electron chi connectivity index (χ4n) is 3.67. The normalized spacial score (nSPS) is 12.0. The molecule has 0 aliphatic rings. The zero-order valence-electron chi connectivity index (χ0n) is 17.9. The van der Waals surface area contributed by atoms with E-state index in [-0.39, 0.29) is 17.8 Å². The predicted octanol–water partition coefficient (Wildman–Crippen LogP) is 6.75. The largest absolute Gasteiger partial charge is 0.419 e. The van der Waals surface area contributed by atoms with E-state index < -0.39 is 23.5 Å². The predicted molar refractivity (Wildman–Crippen MR) is 121 cm³/mol. The van der Waals surface area contributed by atoms with E-state index in [1.165, 1.54) is 28.0 Å². The molecule has 0 aliphatic carbocycles. The molecule has 2 aromatic heterocycles. The molecule has 0 spiro atoms. The molecule has 0 bridgehead atoms.